The van der Waals surface area contributed by atoms with Crippen molar-refractivity contribution in [2.45, 2.75) is 4.90 Å². The van der Waals surface area contributed by atoms with Crippen LogP contribution in [0.1, 0.15) is 0 Å². The lowest BCUT2D eigenvalue weighted by atomic mass is 10.3. The minimum atomic E-state index is -0.285. The van der Waals surface area contributed by atoms with Crippen LogP contribution in [-0.4, -0.2) is 20.2 Å². The number of benzene rings is 1. The predicted octanol–water partition coefficient (Wildman–Crippen LogP) is 3.29. The van der Waals surface area contributed by atoms with Crippen LogP contribution in [0.25, 0.3) is 0 Å². The smallest absolute Gasteiger partial charge is 0.188 e. The molecule has 0 aliphatic rings. The molecule has 0 aliphatic heterocycles. The lowest BCUT2D eigenvalue weighted by Crippen LogP contribution is -2.01. The average Bonchev–Trinajstić information content (AvgIpc) is 2.19. The van der Waals surface area contributed by atoms with Gasteiger partial charge in [0.25, 0.3) is 0 Å². The Hall–Kier alpha value is -0.260. The number of halogens is 2. The van der Waals surface area contributed by atoms with Crippen LogP contribution in [0.4, 0.5) is 4.39 Å². The lowest BCUT2D eigenvalue weighted by molar-refractivity contribution is 0.0482. The first-order chi connectivity index (χ1) is 6.70. The van der Waals surface area contributed by atoms with Gasteiger partial charge in [0.05, 0.1) is 9.37 Å². The van der Waals surface area contributed by atoms with E-state index in [0.29, 0.717) is 10.6 Å². The highest BCUT2D eigenvalue weighted by atomic mass is 79.9. The minimum Gasteiger partial charge on any atom is -0.465 e. The zero-order chi connectivity index (χ0) is 10.6. The Kier molecular flexibility index (Phi) is 4.71. The van der Waals surface area contributed by atoms with Crippen molar-refractivity contribution in [1.29, 1.82) is 0 Å². The number of thioether (sulfide) groups is 1. The summed E-state index contributed by atoms with van der Waals surface area (Å²) in [5, 5.41) is 0. The van der Waals surface area contributed by atoms with Gasteiger partial charge in [0.15, 0.2) is 12.5 Å². The van der Waals surface area contributed by atoms with Gasteiger partial charge >= 0.3 is 0 Å². The first-order valence-corrected chi connectivity index (χ1v) is 5.86. The minimum absolute atomic E-state index is 0.107. The Labute approximate surface area is 94.9 Å². The summed E-state index contributed by atoms with van der Waals surface area (Å²) in [6.07, 6.45) is 1.80. The van der Waals surface area contributed by atoms with Gasteiger partial charge in [0.2, 0.25) is 0 Å². The molecule has 14 heavy (non-hydrogen) atoms. The van der Waals surface area contributed by atoms with Crippen molar-refractivity contribution in [3.63, 3.8) is 0 Å². The number of rotatable bonds is 4. The van der Waals surface area contributed by atoms with Crippen molar-refractivity contribution in [2.24, 2.45) is 0 Å². The number of hydrogen-bond donors (Lipinski definition) is 0. The first-order valence-electron chi connectivity index (χ1n) is 3.84. The van der Waals surface area contributed by atoms with Gasteiger partial charge in [0, 0.05) is 7.11 Å². The van der Waals surface area contributed by atoms with Gasteiger partial charge < -0.3 is 9.47 Å². The maximum atomic E-state index is 13.3. The van der Waals surface area contributed by atoms with E-state index < -0.39 is 0 Å². The van der Waals surface area contributed by atoms with E-state index in [1.807, 2.05) is 0 Å². The zero-order valence-corrected chi connectivity index (χ0v) is 10.2. The Bertz CT molecular complexity index is 320. The van der Waals surface area contributed by atoms with E-state index in [-0.39, 0.29) is 12.6 Å². The highest BCUT2D eigenvalue weighted by molar-refractivity contribution is 9.10. The van der Waals surface area contributed by atoms with Gasteiger partial charge in [-0.25, -0.2) is 4.39 Å². The average molecular weight is 281 g/mol. The predicted molar refractivity (Wildman–Crippen MR) is 58.4 cm³/mol. The van der Waals surface area contributed by atoms with E-state index in [1.54, 1.807) is 12.3 Å². The van der Waals surface area contributed by atoms with Crippen LogP contribution in [0.15, 0.2) is 21.5 Å². The molecule has 1 rings (SSSR count). The molecular formula is C9H10BrFO2S. The maximum absolute atomic E-state index is 13.3. The molecule has 0 aliphatic carbocycles. The Morgan fingerprint density at radius 3 is 2.79 bits per heavy atom. The van der Waals surface area contributed by atoms with E-state index in [0.717, 1.165) is 4.47 Å². The highest BCUT2D eigenvalue weighted by Gasteiger charge is 2.12. The van der Waals surface area contributed by atoms with Crippen LogP contribution in [0.2, 0.25) is 0 Å². The van der Waals surface area contributed by atoms with E-state index in [2.05, 4.69) is 15.9 Å². The molecule has 0 saturated carbocycles. The van der Waals surface area contributed by atoms with Crippen molar-refractivity contribution in [3.8, 4) is 5.75 Å². The molecule has 1 aromatic rings. The molecule has 2 nitrogen and oxygen atoms in total. The van der Waals surface area contributed by atoms with Gasteiger partial charge in [-0.2, -0.15) is 0 Å². The molecule has 0 heterocycles. The molecule has 1 aromatic carbocycles. The van der Waals surface area contributed by atoms with Crippen molar-refractivity contribution in [3.05, 3.63) is 22.4 Å². The second-order valence-electron chi connectivity index (χ2n) is 2.44. The summed E-state index contributed by atoms with van der Waals surface area (Å²) in [5.74, 6) is 0.200. The monoisotopic (exact) mass is 280 g/mol. The summed E-state index contributed by atoms with van der Waals surface area (Å²) in [4.78, 5) is 0.483. The van der Waals surface area contributed by atoms with Crippen LogP contribution < -0.4 is 4.74 Å². The van der Waals surface area contributed by atoms with Gasteiger partial charge in [-0.05, 0) is 34.3 Å². The number of ether oxygens (including phenoxy) is 2. The van der Waals surface area contributed by atoms with E-state index in [9.17, 15) is 4.39 Å². The Morgan fingerprint density at radius 2 is 2.21 bits per heavy atom. The van der Waals surface area contributed by atoms with Crippen LogP contribution >= 0.6 is 27.7 Å². The SMILES string of the molecule is COCOc1c(Br)ccc(F)c1SC. The maximum Gasteiger partial charge on any atom is 0.188 e. The number of methoxy groups -OCH3 is 1. The summed E-state index contributed by atoms with van der Waals surface area (Å²) < 4.78 is 24.0. The van der Waals surface area contributed by atoms with E-state index >= 15 is 0 Å². The molecule has 78 valence electrons. The topological polar surface area (TPSA) is 18.5 Å². The van der Waals surface area contributed by atoms with Crippen molar-refractivity contribution in [2.75, 3.05) is 20.2 Å². The van der Waals surface area contributed by atoms with Gasteiger partial charge in [0.1, 0.15) is 5.82 Å². The second-order valence-corrected chi connectivity index (χ2v) is 4.11. The highest BCUT2D eigenvalue weighted by Crippen LogP contribution is 2.36. The van der Waals surface area contributed by atoms with Gasteiger partial charge in [-0.15, -0.1) is 11.8 Å². The standard InChI is InChI=1S/C9H10BrFO2S/c1-12-5-13-8-6(10)3-4-7(11)9(8)14-2/h3-4H,5H2,1-2H3. The Balaban J connectivity index is 3.03. The molecule has 0 atom stereocenters. The van der Waals surface area contributed by atoms with Crippen LogP contribution in [0.5, 0.6) is 5.75 Å². The van der Waals surface area contributed by atoms with Gasteiger partial charge in [-0.3, -0.25) is 0 Å². The fourth-order valence-electron chi connectivity index (χ4n) is 0.957. The van der Waals surface area contributed by atoms with Crippen molar-refractivity contribution >= 4 is 27.7 Å². The zero-order valence-electron chi connectivity index (χ0n) is 7.84. The first kappa shape index (κ1) is 11.8. The third-order valence-corrected chi connectivity index (χ3v) is 2.95. The third-order valence-electron chi connectivity index (χ3n) is 1.54. The molecule has 0 unspecified atom stereocenters. The molecule has 0 fully saturated rings. The fraction of sp³-hybridized carbons (Fsp3) is 0.333. The van der Waals surface area contributed by atoms with Crippen molar-refractivity contribution in [1.82, 2.24) is 0 Å². The summed E-state index contributed by atoms with van der Waals surface area (Å²) in [7, 11) is 1.52. The van der Waals surface area contributed by atoms with Gasteiger partial charge in [-0.1, -0.05) is 0 Å². The van der Waals surface area contributed by atoms with E-state index in [4.69, 9.17) is 9.47 Å². The largest absolute Gasteiger partial charge is 0.465 e. The van der Waals surface area contributed by atoms with E-state index in [1.165, 1.54) is 24.9 Å². The molecule has 5 heteroatoms. The fourth-order valence-corrected chi connectivity index (χ4v) is 2.15. The number of hydrogen-bond acceptors (Lipinski definition) is 3. The summed E-state index contributed by atoms with van der Waals surface area (Å²) in [5.41, 5.74) is 0. The molecule has 0 saturated heterocycles. The molecular weight excluding hydrogens is 271 g/mol. The summed E-state index contributed by atoms with van der Waals surface area (Å²) in [6, 6.07) is 3.01. The van der Waals surface area contributed by atoms with Crippen LogP contribution in [0, 0.1) is 5.82 Å². The molecule has 0 N–H and O–H groups in total. The molecule has 0 spiro atoms. The summed E-state index contributed by atoms with van der Waals surface area (Å²) >= 11 is 4.59. The Morgan fingerprint density at radius 1 is 1.50 bits per heavy atom. The molecule has 0 radical (unpaired) electrons. The molecule has 0 amide bonds. The third kappa shape index (κ3) is 2.62. The van der Waals surface area contributed by atoms with Crippen LogP contribution in [0.3, 0.4) is 0 Å². The quantitative estimate of drug-likeness (QED) is 0.623. The molecule has 0 bridgehead atoms. The van der Waals surface area contributed by atoms with Crippen LogP contribution in [-0.2, 0) is 4.74 Å². The lowest BCUT2D eigenvalue weighted by Gasteiger charge is -2.11. The normalized spacial score (nSPS) is 10.3. The molecule has 0 aromatic heterocycles. The second kappa shape index (κ2) is 5.58. The van der Waals surface area contributed by atoms with Crippen molar-refractivity contribution < 1.29 is 13.9 Å². The summed E-state index contributed by atoms with van der Waals surface area (Å²) in [6.45, 7) is 0.107.